The van der Waals surface area contributed by atoms with Gasteiger partial charge in [0.15, 0.2) is 12.4 Å². The lowest BCUT2D eigenvalue weighted by molar-refractivity contribution is -0.122. The van der Waals surface area contributed by atoms with Crippen molar-refractivity contribution in [2.75, 3.05) is 11.5 Å². The minimum Gasteiger partial charge on any atom is -0.454 e. The Kier molecular flexibility index (Phi) is 8.55. The molecule has 0 aromatic heterocycles. The predicted octanol–water partition coefficient (Wildman–Crippen LogP) is 5.88. The summed E-state index contributed by atoms with van der Waals surface area (Å²) in [5.41, 5.74) is 2.63. The Hall–Kier alpha value is -5.09. The van der Waals surface area contributed by atoms with Crippen molar-refractivity contribution in [3.05, 3.63) is 125 Å². The highest BCUT2D eigenvalue weighted by molar-refractivity contribution is 7.87. The number of esters is 1. The number of ether oxygens (including phenoxy) is 1. The molecule has 3 atom stereocenters. The van der Waals surface area contributed by atoms with Crippen LogP contribution in [0.2, 0.25) is 0 Å². The smallest absolute Gasteiger partial charge is 0.339 e. The molecule has 1 saturated carbocycles. The fourth-order valence-corrected chi connectivity index (χ4v) is 7.04. The zero-order chi connectivity index (χ0) is 32.4. The van der Waals surface area contributed by atoms with Crippen LogP contribution in [-0.4, -0.2) is 38.6 Å². The molecule has 6 rings (SSSR count). The zero-order valence-corrected chi connectivity index (χ0v) is 25.8. The molecule has 1 saturated heterocycles. The Labute approximate surface area is 266 Å². The van der Waals surface area contributed by atoms with Crippen LogP contribution in [0.5, 0.6) is 5.75 Å². The molecule has 0 radical (unpaired) electrons. The van der Waals surface area contributed by atoms with Gasteiger partial charge in [0.1, 0.15) is 10.6 Å². The number of ketones is 1. The van der Waals surface area contributed by atoms with E-state index in [-0.39, 0.29) is 51.1 Å². The topological polar surface area (TPSA) is 124 Å². The molecule has 9 nitrogen and oxygen atoms in total. The van der Waals surface area contributed by atoms with E-state index in [1.165, 1.54) is 53.4 Å². The van der Waals surface area contributed by atoms with E-state index < -0.39 is 34.4 Å². The van der Waals surface area contributed by atoms with Crippen LogP contribution in [0.1, 0.15) is 57.0 Å². The summed E-state index contributed by atoms with van der Waals surface area (Å²) < 4.78 is 35.5. The Bertz CT molecular complexity index is 1900. The van der Waals surface area contributed by atoms with Gasteiger partial charge in [-0.25, -0.2) is 4.79 Å². The van der Waals surface area contributed by atoms with Crippen LogP contribution in [0.15, 0.2) is 108 Å². The lowest BCUT2D eigenvalue weighted by atomic mass is 9.73. The van der Waals surface area contributed by atoms with Gasteiger partial charge in [0, 0.05) is 5.56 Å². The number of anilines is 1. The summed E-state index contributed by atoms with van der Waals surface area (Å²) in [5, 5.41) is 0. The molecule has 10 heteroatoms. The largest absolute Gasteiger partial charge is 0.454 e. The van der Waals surface area contributed by atoms with E-state index in [2.05, 4.69) is 0 Å². The van der Waals surface area contributed by atoms with E-state index in [4.69, 9.17) is 8.92 Å². The standard InChI is InChI=1S/C36H31NO8S/c1-23-10-17-30(18-11-23)46(42,43)45-29-15-12-25(13-16-29)33(38)22-44-36(41)27-8-5-9-28(20-27)37-34(39)31-19-14-26(21-32(31)35(37)40)24-6-3-2-4-7-24/h2-13,15-18,20,26,31-32H,14,19,21-22H2,1H3/t26-,31-,32-/m1/s1. The first-order chi connectivity index (χ1) is 22.1. The SMILES string of the molecule is Cc1ccc(S(=O)(=O)Oc2ccc(C(=O)COC(=O)c3cccc(N4C(=O)[C@@H]5CC[C@@H](c6ccccc6)C[C@H]5C4=O)c3)cc2)cc1. The number of imide groups is 1. The van der Waals surface area contributed by atoms with Crippen LogP contribution in [0.4, 0.5) is 5.69 Å². The van der Waals surface area contributed by atoms with Gasteiger partial charge in [-0.3, -0.25) is 19.3 Å². The van der Waals surface area contributed by atoms with E-state index in [1.807, 2.05) is 37.3 Å². The van der Waals surface area contributed by atoms with Crippen LogP contribution in [-0.2, 0) is 24.4 Å². The first-order valence-electron chi connectivity index (χ1n) is 14.9. The van der Waals surface area contributed by atoms with E-state index >= 15 is 0 Å². The number of carbonyl (C=O) groups is 4. The van der Waals surface area contributed by atoms with Crippen molar-refractivity contribution in [3.8, 4) is 5.75 Å². The molecule has 0 spiro atoms. The van der Waals surface area contributed by atoms with Crippen molar-refractivity contribution >= 4 is 39.4 Å². The van der Waals surface area contributed by atoms with E-state index in [1.54, 1.807) is 24.3 Å². The zero-order valence-electron chi connectivity index (χ0n) is 25.0. The minimum absolute atomic E-state index is 0.00255. The van der Waals surface area contributed by atoms with Gasteiger partial charge in [-0.05, 0) is 92.3 Å². The highest BCUT2D eigenvalue weighted by atomic mass is 32.2. The molecule has 2 amide bonds. The van der Waals surface area contributed by atoms with Gasteiger partial charge in [-0.15, -0.1) is 0 Å². The highest BCUT2D eigenvalue weighted by Gasteiger charge is 2.50. The summed E-state index contributed by atoms with van der Waals surface area (Å²) >= 11 is 0. The van der Waals surface area contributed by atoms with Crippen LogP contribution >= 0.6 is 0 Å². The Balaban J connectivity index is 1.07. The summed E-state index contributed by atoms with van der Waals surface area (Å²) in [4.78, 5) is 53.6. The van der Waals surface area contributed by atoms with Crippen molar-refractivity contribution in [2.45, 2.75) is 37.0 Å². The molecule has 0 unspecified atom stereocenters. The molecule has 2 fully saturated rings. The molecule has 4 aromatic carbocycles. The van der Waals surface area contributed by atoms with Gasteiger partial charge in [0.05, 0.1) is 23.1 Å². The van der Waals surface area contributed by atoms with Crippen molar-refractivity contribution < 1.29 is 36.5 Å². The van der Waals surface area contributed by atoms with Gasteiger partial charge < -0.3 is 8.92 Å². The fraction of sp³-hybridized carbons (Fsp3) is 0.222. The number of benzene rings is 4. The maximum absolute atomic E-state index is 13.5. The second kappa shape index (κ2) is 12.7. The number of carbonyl (C=O) groups excluding carboxylic acids is 4. The number of aryl methyl sites for hydroxylation is 1. The van der Waals surface area contributed by atoms with Gasteiger partial charge >= 0.3 is 16.1 Å². The fourth-order valence-electron chi connectivity index (χ4n) is 6.11. The lowest BCUT2D eigenvalue weighted by Crippen LogP contribution is -2.31. The number of hydrogen-bond acceptors (Lipinski definition) is 8. The first kappa shape index (κ1) is 30.9. The summed E-state index contributed by atoms with van der Waals surface area (Å²) in [6.07, 6.45) is 2.03. The highest BCUT2D eigenvalue weighted by Crippen LogP contribution is 2.45. The van der Waals surface area contributed by atoms with Crippen molar-refractivity contribution in [2.24, 2.45) is 11.8 Å². The maximum Gasteiger partial charge on any atom is 0.339 e. The summed E-state index contributed by atoms with van der Waals surface area (Å²) in [5.74, 6) is -2.42. The summed E-state index contributed by atoms with van der Waals surface area (Å²) in [7, 11) is -4.05. The second-order valence-electron chi connectivity index (χ2n) is 11.6. The average Bonchev–Trinajstić information content (AvgIpc) is 3.32. The number of Topliss-reactive ketones (excluding diaryl/α,β-unsaturated/α-hetero) is 1. The summed E-state index contributed by atoms with van der Waals surface area (Å²) in [6, 6.07) is 27.7. The Morgan fingerprint density at radius 1 is 0.783 bits per heavy atom. The molecule has 0 N–H and O–H groups in total. The van der Waals surface area contributed by atoms with Crippen LogP contribution in [0.25, 0.3) is 0 Å². The third kappa shape index (κ3) is 6.34. The second-order valence-corrected chi connectivity index (χ2v) is 13.1. The monoisotopic (exact) mass is 637 g/mol. The van der Waals surface area contributed by atoms with Crippen LogP contribution < -0.4 is 9.08 Å². The van der Waals surface area contributed by atoms with Crippen LogP contribution in [0, 0.1) is 18.8 Å². The van der Waals surface area contributed by atoms with Gasteiger partial charge in [-0.2, -0.15) is 8.42 Å². The van der Waals surface area contributed by atoms with E-state index in [0.717, 1.165) is 17.5 Å². The normalized spacial score (nSPS) is 19.4. The molecule has 0 bridgehead atoms. The van der Waals surface area contributed by atoms with Crippen molar-refractivity contribution in [3.63, 3.8) is 0 Å². The van der Waals surface area contributed by atoms with E-state index in [9.17, 15) is 27.6 Å². The molecule has 1 aliphatic carbocycles. The molecular weight excluding hydrogens is 606 g/mol. The number of hydrogen-bond donors (Lipinski definition) is 0. The van der Waals surface area contributed by atoms with Gasteiger partial charge in [0.25, 0.3) is 0 Å². The Morgan fingerprint density at radius 3 is 2.20 bits per heavy atom. The molecule has 4 aromatic rings. The van der Waals surface area contributed by atoms with Crippen molar-refractivity contribution in [1.82, 2.24) is 0 Å². The van der Waals surface area contributed by atoms with Crippen molar-refractivity contribution in [1.29, 1.82) is 0 Å². The molecule has 1 heterocycles. The maximum atomic E-state index is 13.5. The average molecular weight is 638 g/mol. The molecule has 1 aliphatic heterocycles. The van der Waals surface area contributed by atoms with Crippen LogP contribution in [0.3, 0.4) is 0 Å². The molecule has 2 aliphatic rings. The lowest BCUT2D eigenvalue weighted by Gasteiger charge is -2.28. The minimum atomic E-state index is -4.05. The third-order valence-electron chi connectivity index (χ3n) is 8.56. The summed E-state index contributed by atoms with van der Waals surface area (Å²) in [6.45, 7) is 1.27. The number of fused-ring (bicyclic) bond motifs is 1. The predicted molar refractivity (Wildman–Crippen MR) is 169 cm³/mol. The van der Waals surface area contributed by atoms with Gasteiger partial charge in [-0.1, -0.05) is 54.1 Å². The first-order valence-corrected chi connectivity index (χ1v) is 16.4. The van der Waals surface area contributed by atoms with Gasteiger partial charge in [0.2, 0.25) is 11.8 Å². The molecular formula is C36H31NO8S. The number of nitrogens with zero attached hydrogens (tertiary/aromatic N) is 1. The molecule has 234 valence electrons. The third-order valence-corrected chi connectivity index (χ3v) is 9.82. The quantitative estimate of drug-likeness (QED) is 0.0966. The van der Waals surface area contributed by atoms with E-state index in [0.29, 0.717) is 12.8 Å². The number of rotatable bonds is 9. The Morgan fingerprint density at radius 2 is 1.48 bits per heavy atom. The number of amides is 2. The molecule has 46 heavy (non-hydrogen) atoms.